The van der Waals surface area contributed by atoms with Crippen LogP contribution in [0.25, 0.3) is 11.1 Å². The summed E-state index contributed by atoms with van der Waals surface area (Å²) in [5.41, 5.74) is 0.974. The van der Waals surface area contributed by atoms with E-state index in [0.717, 1.165) is 0 Å². The third kappa shape index (κ3) is 1.03. The molecule has 0 radical (unpaired) electrons. The molecule has 0 saturated heterocycles. The first-order chi connectivity index (χ1) is 5.27. The van der Waals surface area contributed by atoms with Crippen molar-refractivity contribution in [1.29, 1.82) is 0 Å². The van der Waals surface area contributed by atoms with E-state index in [1.54, 1.807) is 18.2 Å². The van der Waals surface area contributed by atoms with Crippen molar-refractivity contribution >= 4 is 27.0 Å². The highest BCUT2D eigenvalue weighted by Gasteiger charge is 2.05. The predicted octanol–water partition coefficient (Wildman–Crippen LogP) is 2.73. The van der Waals surface area contributed by atoms with Gasteiger partial charge in [-0.25, -0.2) is 0 Å². The number of benzene rings is 1. The summed E-state index contributed by atoms with van der Waals surface area (Å²) >= 11 is 3.21. The Kier molecular flexibility index (Phi) is 1.42. The number of hydrogen-bond donors (Lipinski definition) is 0. The van der Waals surface area contributed by atoms with Crippen molar-refractivity contribution in [3.05, 3.63) is 28.8 Å². The van der Waals surface area contributed by atoms with Gasteiger partial charge in [-0.2, -0.15) is 4.98 Å². The van der Waals surface area contributed by atoms with Gasteiger partial charge in [-0.1, -0.05) is 6.07 Å². The van der Waals surface area contributed by atoms with E-state index in [0.29, 0.717) is 15.6 Å². The summed E-state index contributed by atoms with van der Waals surface area (Å²) in [4.78, 5) is 3.51. The lowest BCUT2D eigenvalue weighted by Gasteiger charge is -1.86. The summed E-state index contributed by atoms with van der Waals surface area (Å²) < 4.78 is 17.8. The van der Waals surface area contributed by atoms with Crippen molar-refractivity contribution in [2.75, 3.05) is 0 Å². The topological polar surface area (TPSA) is 26.0 Å². The number of oxazole rings is 1. The number of para-hydroxylation sites is 1. The number of aromatic nitrogens is 1. The fourth-order valence-electron chi connectivity index (χ4n) is 0.888. The molecule has 0 aliphatic heterocycles. The van der Waals surface area contributed by atoms with Gasteiger partial charge in [-0.3, -0.25) is 0 Å². The van der Waals surface area contributed by atoms with Crippen molar-refractivity contribution in [1.82, 2.24) is 4.98 Å². The van der Waals surface area contributed by atoms with Gasteiger partial charge < -0.3 is 4.42 Å². The minimum Gasteiger partial charge on any atom is -0.414 e. The molecule has 0 atom stereocenters. The van der Waals surface area contributed by atoms with Crippen molar-refractivity contribution in [2.45, 2.75) is 0 Å². The van der Waals surface area contributed by atoms with Crippen LogP contribution in [0.3, 0.4) is 0 Å². The summed E-state index contributed by atoms with van der Waals surface area (Å²) in [5.74, 6) is 0. The fraction of sp³-hybridized carbons (Fsp3) is 0. The molecule has 1 aromatic heterocycles. The number of rotatable bonds is 0. The number of nitrogens with zero attached hydrogens (tertiary/aromatic N) is 1. The Morgan fingerprint density at radius 3 is 3.00 bits per heavy atom. The highest BCUT2D eigenvalue weighted by Crippen LogP contribution is 2.23. The lowest BCUT2D eigenvalue weighted by molar-refractivity contribution is 0.354. The van der Waals surface area contributed by atoms with Crippen LogP contribution in [-0.4, -0.2) is 4.98 Å². The first-order valence-electron chi connectivity index (χ1n) is 2.98. The van der Waals surface area contributed by atoms with E-state index in [1.165, 1.54) is 0 Å². The zero-order chi connectivity index (χ0) is 7.84. The largest absolute Gasteiger partial charge is 0.414 e. The zero-order valence-corrected chi connectivity index (χ0v) is 6.93. The van der Waals surface area contributed by atoms with Gasteiger partial charge in [0.15, 0.2) is 5.58 Å². The van der Waals surface area contributed by atoms with Gasteiger partial charge in [0.05, 0.1) is 4.47 Å². The normalized spacial score (nSPS) is 10.7. The zero-order valence-electron chi connectivity index (χ0n) is 5.34. The summed E-state index contributed by atoms with van der Waals surface area (Å²) in [7, 11) is 0. The lowest BCUT2D eigenvalue weighted by Crippen LogP contribution is -1.68. The van der Waals surface area contributed by atoms with Crippen LogP contribution in [-0.2, 0) is 0 Å². The van der Waals surface area contributed by atoms with Gasteiger partial charge in [-0.05, 0) is 28.1 Å². The Morgan fingerprint density at radius 2 is 2.27 bits per heavy atom. The van der Waals surface area contributed by atoms with E-state index < -0.39 is 6.14 Å². The molecule has 0 spiro atoms. The van der Waals surface area contributed by atoms with Gasteiger partial charge >= 0.3 is 6.14 Å². The van der Waals surface area contributed by atoms with Crippen molar-refractivity contribution in [2.24, 2.45) is 0 Å². The second-order valence-electron chi connectivity index (χ2n) is 2.05. The molecule has 56 valence electrons. The molecule has 0 amide bonds. The first-order valence-corrected chi connectivity index (χ1v) is 3.77. The molecule has 11 heavy (non-hydrogen) atoms. The van der Waals surface area contributed by atoms with Crippen LogP contribution in [0.15, 0.2) is 27.1 Å². The van der Waals surface area contributed by atoms with Crippen LogP contribution in [0.2, 0.25) is 0 Å². The molecule has 0 aliphatic rings. The average molecular weight is 216 g/mol. The van der Waals surface area contributed by atoms with Crippen LogP contribution in [0.4, 0.5) is 4.39 Å². The van der Waals surface area contributed by atoms with Crippen molar-refractivity contribution in [3.63, 3.8) is 0 Å². The Labute approximate surface area is 70.2 Å². The van der Waals surface area contributed by atoms with Crippen LogP contribution >= 0.6 is 15.9 Å². The maximum absolute atomic E-state index is 12.4. The van der Waals surface area contributed by atoms with E-state index in [2.05, 4.69) is 25.3 Å². The average Bonchev–Trinajstić information content (AvgIpc) is 2.31. The molecule has 1 heterocycles. The Morgan fingerprint density at radius 1 is 1.45 bits per heavy atom. The van der Waals surface area contributed by atoms with E-state index in [-0.39, 0.29) is 0 Å². The van der Waals surface area contributed by atoms with Crippen LogP contribution < -0.4 is 0 Å². The molecule has 0 fully saturated rings. The molecular formula is C7H3BrFNO. The highest BCUT2D eigenvalue weighted by molar-refractivity contribution is 9.10. The van der Waals surface area contributed by atoms with Gasteiger partial charge in [0.25, 0.3) is 0 Å². The third-order valence-corrected chi connectivity index (χ3v) is 1.97. The first kappa shape index (κ1) is 6.79. The molecular weight excluding hydrogens is 213 g/mol. The highest BCUT2D eigenvalue weighted by atomic mass is 79.9. The van der Waals surface area contributed by atoms with Gasteiger partial charge in [0.1, 0.15) is 5.52 Å². The van der Waals surface area contributed by atoms with Crippen LogP contribution in [0.1, 0.15) is 0 Å². The smallest absolute Gasteiger partial charge is 0.382 e. The van der Waals surface area contributed by atoms with Crippen molar-refractivity contribution in [3.8, 4) is 0 Å². The molecule has 0 unspecified atom stereocenters. The second-order valence-corrected chi connectivity index (χ2v) is 2.91. The predicted molar refractivity (Wildman–Crippen MR) is 41.7 cm³/mol. The Bertz CT molecular complexity index is 398. The standard InChI is InChI=1S/C7H3BrFNO/c8-4-2-1-3-5-6(4)11-7(9)10-5/h1-3H. The molecule has 1 aromatic carbocycles. The molecule has 0 bridgehead atoms. The number of fused-ring (bicyclic) bond motifs is 1. The molecule has 2 rings (SSSR count). The monoisotopic (exact) mass is 215 g/mol. The minimum atomic E-state index is -0.799. The summed E-state index contributed by atoms with van der Waals surface area (Å²) in [6, 6.07) is 5.23. The number of hydrogen-bond acceptors (Lipinski definition) is 2. The quantitative estimate of drug-likeness (QED) is 0.676. The molecule has 2 aromatic rings. The lowest BCUT2D eigenvalue weighted by atomic mass is 10.3. The second kappa shape index (κ2) is 2.30. The van der Waals surface area contributed by atoms with E-state index in [4.69, 9.17) is 0 Å². The summed E-state index contributed by atoms with van der Waals surface area (Å²) in [6.45, 7) is 0. The van der Waals surface area contributed by atoms with E-state index in [1.807, 2.05) is 0 Å². The molecule has 4 heteroatoms. The van der Waals surface area contributed by atoms with Gasteiger partial charge in [-0.15, -0.1) is 4.39 Å². The fourth-order valence-corrected chi connectivity index (χ4v) is 1.32. The molecule has 0 N–H and O–H groups in total. The minimum absolute atomic E-state index is 0.449. The molecule has 0 aliphatic carbocycles. The summed E-state index contributed by atoms with van der Waals surface area (Å²) in [5, 5.41) is 0. The maximum Gasteiger partial charge on any atom is 0.382 e. The molecule has 0 saturated carbocycles. The number of halogens is 2. The van der Waals surface area contributed by atoms with E-state index in [9.17, 15) is 4.39 Å². The van der Waals surface area contributed by atoms with Crippen LogP contribution in [0.5, 0.6) is 0 Å². The Balaban J connectivity index is 2.90. The SMILES string of the molecule is Fc1nc2cccc(Br)c2o1. The van der Waals surface area contributed by atoms with Crippen LogP contribution in [0, 0.1) is 6.14 Å². The van der Waals surface area contributed by atoms with Gasteiger partial charge in [0.2, 0.25) is 0 Å². The summed E-state index contributed by atoms with van der Waals surface area (Å²) in [6.07, 6.45) is -0.799. The maximum atomic E-state index is 12.4. The van der Waals surface area contributed by atoms with Gasteiger partial charge in [0, 0.05) is 0 Å². The molecule has 2 nitrogen and oxygen atoms in total. The Hall–Kier alpha value is -0.900. The third-order valence-electron chi connectivity index (χ3n) is 1.34. The van der Waals surface area contributed by atoms with Crippen molar-refractivity contribution < 1.29 is 8.81 Å². The van der Waals surface area contributed by atoms with E-state index >= 15 is 0 Å².